The number of hydrogen-bond donors (Lipinski definition) is 0. The van der Waals surface area contributed by atoms with Crippen LogP contribution in [0.3, 0.4) is 0 Å². The lowest BCUT2D eigenvalue weighted by molar-refractivity contribution is 0.284. The highest BCUT2D eigenvalue weighted by Crippen LogP contribution is 2.16. The number of fused-ring (bicyclic) bond motifs is 1. The van der Waals surface area contributed by atoms with Gasteiger partial charge < -0.3 is 9.64 Å². The van der Waals surface area contributed by atoms with Gasteiger partial charge in [-0.15, -0.1) is 0 Å². The van der Waals surface area contributed by atoms with Gasteiger partial charge in [-0.3, -0.25) is 0 Å². The fourth-order valence-electron chi connectivity index (χ4n) is 1.83. The summed E-state index contributed by atoms with van der Waals surface area (Å²) in [7, 11) is 4.18. The Bertz CT molecular complexity index is 497. The molecule has 0 aliphatic rings. The lowest BCUT2D eigenvalue weighted by atomic mass is 10.2. The van der Waals surface area contributed by atoms with E-state index in [0.717, 1.165) is 42.8 Å². The molecule has 2 rings (SSSR count). The van der Waals surface area contributed by atoms with Gasteiger partial charge >= 0.3 is 0 Å². The zero-order chi connectivity index (χ0) is 12.8. The summed E-state index contributed by atoms with van der Waals surface area (Å²) in [5.41, 5.74) is 0.989. The van der Waals surface area contributed by atoms with Crippen LogP contribution in [-0.2, 0) is 0 Å². The van der Waals surface area contributed by atoms with Crippen LogP contribution in [0.4, 0.5) is 0 Å². The smallest absolute Gasteiger partial charge is 0.213 e. The van der Waals surface area contributed by atoms with Gasteiger partial charge in [-0.25, -0.2) is 4.98 Å². The van der Waals surface area contributed by atoms with Gasteiger partial charge in [0.1, 0.15) is 0 Å². The third-order valence-corrected chi connectivity index (χ3v) is 2.82. The Morgan fingerprint density at radius 2 is 1.89 bits per heavy atom. The molecule has 0 saturated heterocycles. The van der Waals surface area contributed by atoms with Gasteiger partial charge in [-0.1, -0.05) is 18.2 Å². The molecular weight excluding hydrogens is 224 g/mol. The zero-order valence-corrected chi connectivity index (χ0v) is 11.1. The molecule has 96 valence electrons. The minimum atomic E-state index is 0.721. The second-order valence-corrected chi connectivity index (χ2v) is 4.70. The van der Waals surface area contributed by atoms with E-state index in [9.17, 15) is 0 Å². The van der Waals surface area contributed by atoms with Crippen molar-refractivity contribution < 1.29 is 4.74 Å². The Kier molecular flexibility index (Phi) is 4.53. The molecule has 1 aromatic heterocycles. The number of rotatable bonds is 6. The number of hydrogen-bond acceptors (Lipinski definition) is 3. The van der Waals surface area contributed by atoms with Crippen LogP contribution >= 0.6 is 0 Å². The van der Waals surface area contributed by atoms with E-state index in [0.29, 0.717) is 0 Å². The van der Waals surface area contributed by atoms with E-state index >= 15 is 0 Å². The predicted molar refractivity (Wildman–Crippen MR) is 75.0 cm³/mol. The number of ether oxygens (including phenoxy) is 1. The van der Waals surface area contributed by atoms with Crippen molar-refractivity contribution in [3.63, 3.8) is 0 Å². The number of benzene rings is 1. The van der Waals surface area contributed by atoms with Crippen molar-refractivity contribution in [1.29, 1.82) is 0 Å². The zero-order valence-electron chi connectivity index (χ0n) is 11.1. The summed E-state index contributed by atoms with van der Waals surface area (Å²) in [5.74, 6) is 0.721. The third-order valence-electron chi connectivity index (χ3n) is 2.82. The molecule has 0 atom stereocenters. The van der Waals surface area contributed by atoms with Gasteiger partial charge in [0, 0.05) is 11.5 Å². The molecule has 3 heteroatoms. The van der Waals surface area contributed by atoms with E-state index < -0.39 is 0 Å². The monoisotopic (exact) mass is 244 g/mol. The summed E-state index contributed by atoms with van der Waals surface area (Å²) in [6, 6.07) is 12.1. The highest BCUT2D eigenvalue weighted by Gasteiger charge is 1.98. The molecule has 18 heavy (non-hydrogen) atoms. The first-order chi connectivity index (χ1) is 8.75. The van der Waals surface area contributed by atoms with Crippen LogP contribution < -0.4 is 4.74 Å². The van der Waals surface area contributed by atoms with E-state index in [1.165, 1.54) is 0 Å². The van der Waals surface area contributed by atoms with Crippen LogP contribution in [0.1, 0.15) is 12.8 Å². The van der Waals surface area contributed by atoms with Crippen molar-refractivity contribution in [1.82, 2.24) is 9.88 Å². The van der Waals surface area contributed by atoms with Crippen LogP contribution in [0.15, 0.2) is 36.4 Å². The van der Waals surface area contributed by atoms with Gasteiger partial charge in [-0.05, 0) is 45.6 Å². The van der Waals surface area contributed by atoms with Crippen molar-refractivity contribution in [2.45, 2.75) is 12.8 Å². The SMILES string of the molecule is CN(C)CCCCOc1ccc2ccccc2n1. The summed E-state index contributed by atoms with van der Waals surface area (Å²) < 4.78 is 5.67. The van der Waals surface area contributed by atoms with Crippen LogP contribution in [0.5, 0.6) is 5.88 Å². The summed E-state index contributed by atoms with van der Waals surface area (Å²) >= 11 is 0. The van der Waals surface area contributed by atoms with Crippen molar-refractivity contribution in [2.24, 2.45) is 0 Å². The quantitative estimate of drug-likeness (QED) is 0.730. The summed E-state index contributed by atoms with van der Waals surface area (Å²) in [4.78, 5) is 6.66. The molecule has 0 fully saturated rings. The molecule has 2 aromatic rings. The van der Waals surface area contributed by atoms with E-state index in [1.807, 2.05) is 24.3 Å². The van der Waals surface area contributed by atoms with E-state index in [-0.39, 0.29) is 0 Å². The summed E-state index contributed by atoms with van der Waals surface area (Å²) in [6.07, 6.45) is 2.22. The number of pyridine rings is 1. The van der Waals surface area contributed by atoms with E-state index in [2.05, 4.69) is 36.1 Å². The molecule has 0 amide bonds. The lowest BCUT2D eigenvalue weighted by Gasteiger charge is -2.09. The molecule has 0 aliphatic heterocycles. The third kappa shape index (κ3) is 3.70. The Hall–Kier alpha value is -1.61. The van der Waals surface area contributed by atoms with Crippen LogP contribution in [0.2, 0.25) is 0 Å². The standard InChI is InChI=1S/C15H20N2O/c1-17(2)11-5-6-12-18-15-10-9-13-7-3-4-8-14(13)16-15/h3-4,7-10H,5-6,11-12H2,1-2H3. The molecule has 1 aromatic carbocycles. The number of para-hydroxylation sites is 1. The average Bonchev–Trinajstić information content (AvgIpc) is 2.38. The molecule has 0 unspecified atom stereocenters. The van der Waals surface area contributed by atoms with Crippen molar-refractivity contribution in [3.05, 3.63) is 36.4 Å². The topological polar surface area (TPSA) is 25.4 Å². The minimum Gasteiger partial charge on any atom is -0.478 e. The highest BCUT2D eigenvalue weighted by atomic mass is 16.5. The largest absolute Gasteiger partial charge is 0.478 e. The molecular formula is C15H20N2O. The Morgan fingerprint density at radius 3 is 2.72 bits per heavy atom. The Morgan fingerprint density at radius 1 is 1.06 bits per heavy atom. The lowest BCUT2D eigenvalue weighted by Crippen LogP contribution is -2.13. The van der Waals surface area contributed by atoms with Gasteiger partial charge in [0.25, 0.3) is 0 Å². The number of unbranched alkanes of at least 4 members (excludes halogenated alkanes) is 1. The molecule has 1 heterocycles. The first-order valence-electron chi connectivity index (χ1n) is 6.39. The van der Waals surface area contributed by atoms with Gasteiger partial charge in [-0.2, -0.15) is 0 Å². The number of aromatic nitrogens is 1. The van der Waals surface area contributed by atoms with Gasteiger partial charge in [0.15, 0.2) is 0 Å². The average molecular weight is 244 g/mol. The fraction of sp³-hybridized carbons (Fsp3) is 0.400. The van der Waals surface area contributed by atoms with Crippen molar-refractivity contribution in [3.8, 4) is 5.88 Å². The highest BCUT2D eigenvalue weighted by molar-refractivity contribution is 5.78. The van der Waals surface area contributed by atoms with E-state index in [4.69, 9.17) is 4.74 Å². The van der Waals surface area contributed by atoms with Gasteiger partial charge in [0.05, 0.1) is 12.1 Å². The molecule has 3 nitrogen and oxygen atoms in total. The van der Waals surface area contributed by atoms with E-state index in [1.54, 1.807) is 0 Å². The normalized spacial score (nSPS) is 11.1. The van der Waals surface area contributed by atoms with Crippen LogP contribution in [0, 0.1) is 0 Å². The van der Waals surface area contributed by atoms with Crippen LogP contribution in [-0.4, -0.2) is 37.1 Å². The first kappa shape index (κ1) is 12.8. The van der Waals surface area contributed by atoms with Crippen LogP contribution in [0.25, 0.3) is 10.9 Å². The molecule has 0 N–H and O–H groups in total. The molecule has 0 spiro atoms. The summed E-state index contributed by atoms with van der Waals surface area (Å²) in [6.45, 7) is 1.84. The number of nitrogens with zero attached hydrogens (tertiary/aromatic N) is 2. The van der Waals surface area contributed by atoms with Gasteiger partial charge in [0.2, 0.25) is 5.88 Å². The van der Waals surface area contributed by atoms with Crippen molar-refractivity contribution in [2.75, 3.05) is 27.2 Å². The van der Waals surface area contributed by atoms with Crippen molar-refractivity contribution >= 4 is 10.9 Å². The molecule has 0 bridgehead atoms. The second kappa shape index (κ2) is 6.36. The summed E-state index contributed by atoms with van der Waals surface area (Å²) in [5, 5.41) is 1.15. The maximum Gasteiger partial charge on any atom is 0.213 e. The molecule has 0 saturated carbocycles. The predicted octanol–water partition coefficient (Wildman–Crippen LogP) is 2.96. The second-order valence-electron chi connectivity index (χ2n) is 4.70. The Balaban J connectivity index is 1.84. The Labute approximate surface area is 108 Å². The molecule has 0 aliphatic carbocycles. The first-order valence-corrected chi connectivity index (χ1v) is 6.39. The maximum atomic E-state index is 5.67. The molecule has 0 radical (unpaired) electrons. The fourth-order valence-corrected chi connectivity index (χ4v) is 1.83. The minimum absolute atomic E-state index is 0.721. The maximum absolute atomic E-state index is 5.67.